The zero-order valence-electron chi connectivity index (χ0n) is 22.3. The lowest BCUT2D eigenvalue weighted by molar-refractivity contribution is -0.378. The lowest BCUT2D eigenvalue weighted by Gasteiger charge is -2.48. The predicted octanol–water partition coefficient (Wildman–Crippen LogP) is -4.45. The molecule has 0 bridgehead atoms. The summed E-state index contributed by atoms with van der Waals surface area (Å²) in [4.78, 5) is 0. The fourth-order valence-electron chi connectivity index (χ4n) is 4.85. The molecule has 0 aliphatic carbocycles. The second-order valence-corrected chi connectivity index (χ2v) is 10.1. The van der Waals surface area contributed by atoms with Gasteiger partial charge < -0.3 is 79.1 Å². The highest BCUT2D eigenvalue weighted by molar-refractivity contribution is 5.31. The van der Waals surface area contributed by atoms with Crippen molar-refractivity contribution in [3.8, 4) is 11.5 Å². The molecule has 1 aromatic rings. The maximum Gasteiger partial charge on any atom is 0.229 e. The standard InChI is InChI=1S/C25H38O16/c1-9-14(28)16(30)18(32)23(36-9)40-21-13(8-27)39-25(37-11-5-3-10(35-2)4-6-11)22(20(21)34)41-24-19(33)17(31)15(29)12(7-26)38-24/h3-6,9,12-34H,7-8H2,1-2H3/t9-,12+,13+,14-,15+,16+,17-,18+,19+,20-,21+,22+,23-,24+,25+/m0/s1. The van der Waals surface area contributed by atoms with Crippen molar-refractivity contribution < 1.29 is 79.1 Å². The van der Waals surface area contributed by atoms with Crippen LogP contribution in [0.15, 0.2) is 24.3 Å². The van der Waals surface area contributed by atoms with E-state index in [0.717, 1.165) is 0 Å². The highest BCUT2D eigenvalue weighted by Crippen LogP contribution is 2.34. The summed E-state index contributed by atoms with van der Waals surface area (Å²) in [6, 6.07) is 6.22. The average molecular weight is 595 g/mol. The molecule has 3 saturated heterocycles. The van der Waals surface area contributed by atoms with E-state index >= 15 is 0 Å². The normalized spacial score (nSPS) is 45.3. The molecule has 16 nitrogen and oxygen atoms in total. The Morgan fingerprint density at radius 3 is 1.68 bits per heavy atom. The van der Waals surface area contributed by atoms with Gasteiger partial charge in [0.05, 0.1) is 26.4 Å². The second-order valence-electron chi connectivity index (χ2n) is 10.1. The Balaban J connectivity index is 1.60. The number of rotatable bonds is 9. The molecule has 1 aromatic carbocycles. The van der Waals surface area contributed by atoms with E-state index < -0.39 is 105 Å². The number of aliphatic hydroxyl groups excluding tert-OH is 9. The molecule has 0 radical (unpaired) electrons. The van der Waals surface area contributed by atoms with Crippen LogP contribution >= 0.6 is 0 Å². The van der Waals surface area contributed by atoms with Gasteiger partial charge in [0.15, 0.2) is 18.7 Å². The first-order valence-electron chi connectivity index (χ1n) is 13.1. The summed E-state index contributed by atoms with van der Waals surface area (Å²) in [5.74, 6) is 0.740. The monoisotopic (exact) mass is 594 g/mol. The number of hydrogen-bond acceptors (Lipinski definition) is 16. The molecule has 4 rings (SSSR count). The number of ether oxygens (including phenoxy) is 7. The van der Waals surface area contributed by atoms with Crippen molar-refractivity contribution in [2.75, 3.05) is 20.3 Å². The molecule has 41 heavy (non-hydrogen) atoms. The van der Waals surface area contributed by atoms with E-state index in [1.54, 1.807) is 12.1 Å². The van der Waals surface area contributed by atoms with Gasteiger partial charge in [0.2, 0.25) is 6.29 Å². The van der Waals surface area contributed by atoms with Crippen LogP contribution in [0.3, 0.4) is 0 Å². The fraction of sp³-hybridized carbons (Fsp3) is 0.760. The Morgan fingerprint density at radius 1 is 0.585 bits per heavy atom. The maximum absolute atomic E-state index is 11.4. The molecule has 0 unspecified atom stereocenters. The Kier molecular flexibility index (Phi) is 10.8. The van der Waals surface area contributed by atoms with Crippen LogP contribution in [0.25, 0.3) is 0 Å². The third-order valence-electron chi connectivity index (χ3n) is 7.35. The molecule has 3 aliphatic rings. The molecular formula is C25H38O16. The molecular weight excluding hydrogens is 556 g/mol. The van der Waals surface area contributed by atoms with Gasteiger partial charge in [-0.15, -0.1) is 0 Å². The van der Waals surface area contributed by atoms with E-state index in [0.29, 0.717) is 5.75 Å². The zero-order chi connectivity index (χ0) is 30.0. The Morgan fingerprint density at radius 2 is 1.10 bits per heavy atom. The number of aliphatic hydroxyl groups is 9. The zero-order valence-corrected chi connectivity index (χ0v) is 22.3. The molecule has 3 heterocycles. The van der Waals surface area contributed by atoms with Crippen LogP contribution in [-0.2, 0) is 23.7 Å². The Hall–Kier alpha value is -1.74. The van der Waals surface area contributed by atoms with Crippen molar-refractivity contribution in [3.05, 3.63) is 24.3 Å². The first kappa shape index (κ1) is 32.2. The molecule has 15 atom stereocenters. The van der Waals surface area contributed by atoms with E-state index in [2.05, 4.69) is 0 Å². The van der Waals surface area contributed by atoms with Crippen LogP contribution in [0.5, 0.6) is 11.5 Å². The van der Waals surface area contributed by atoms with Crippen LogP contribution in [0, 0.1) is 0 Å². The molecule has 16 heteroatoms. The summed E-state index contributed by atoms with van der Waals surface area (Å²) >= 11 is 0. The third-order valence-corrected chi connectivity index (χ3v) is 7.35. The van der Waals surface area contributed by atoms with Gasteiger partial charge in [-0.1, -0.05) is 0 Å². The van der Waals surface area contributed by atoms with Crippen molar-refractivity contribution in [1.82, 2.24) is 0 Å². The fourth-order valence-corrected chi connectivity index (χ4v) is 4.85. The quantitative estimate of drug-likeness (QED) is 0.131. The predicted molar refractivity (Wildman–Crippen MR) is 131 cm³/mol. The van der Waals surface area contributed by atoms with E-state index in [4.69, 9.17) is 33.2 Å². The maximum atomic E-state index is 11.4. The van der Waals surface area contributed by atoms with Gasteiger partial charge in [-0.3, -0.25) is 0 Å². The van der Waals surface area contributed by atoms with Crippen molar-refractivity contribution >= 4 is 0 Å². The number of benzene rings is 1. The van der Waals surface area contributed by atoms with Gasteiger partial charge in [0.25, 0.3) is 0 Å². The molecule has 0 aromatic heterocycles. The largest absolute Gasteiger partial charge is 0.497 e. The SMILES string of the molecule is COc1ccc(O[C@@H]2O[C@H](CO)[C@@H](O[C@@H]3O[C@@H](C)[C@H](O)[C@@H](O)[C@H]3O)[C@H](O)[C@H]2O[C@H]2O[C@H](CO)[C@@H](O)[C@H](O)[C@H]2O)cc1. The summed E-state index contributed by atoms with van der Waals surface area (Å²) < 4.78 is 39.3. The molecule has 3 fully saturated rings. The number of hydrogen-bond donors (Lipinski definition) is 9. The van der Waals surface area contributed by atoms with Gasteiger partial charge in [-0.2, -0.15) is 0 Å². The van der Waals surface area contributed by atoms with Crippen LogP contribution < -0.4 is 9.47 Å². The van der Waals surface area contributed by atoms with Gasteiger partial charge in [-0.25, -0.2) is 0 Å². The van der Waals surface area contributed by atoms with Crippen LogP contribution in [0.4, 0.5) is 0 Å². The average Bonchev–Trinajstić information content (AvgIpc) is 2.97. The summed E-state index contributed by atoms with van der Waals surface area (Å²) in [7, 11) is 1.47. The summed E-state index contributed by atoms with van der Waals surface area (Å²) in [6.45, 7) is -0.0282. The summed E-state index contributed by atoms with van der Waals surface area (Å²) in [6.07, 6.45) is -23.3. The Labute approximate surface area is 234 Å². The minimum Gasteiger partial charge on any atom is -0.497 e. The van der Waals surface area contributed by atoms with Crippen molar-refractivity contribution in [3.63, 3.8) is 0 Å². The van der Waals surface area contributed by atoms with Crippen molar-refractivity contribution in [1.29, 1.82) is 0 Å². The number of methoxy groups -OCH3 is 1. The second kappa shape index (κ2) is 13.7. The minimum atomic E-state index is -1.84. The van der Waals surface area contributed by atoms with Crippen LogP contribution in [0.2, 0.25) is 0 Å². The van der Waals surface area contributed by atoms with E-state index in [-0.39, 0.29) is 5.75 Å². The highest BCUT2D eigenvalue weighted by Gasteiger charge is 2.54. The van der Waals surface area contributed by atoms with Gasteiger partial charge in [0, 0.05) is 0 Å². The van der Waals surface area contributed by atoms with Gasteiger partial charge in [0.1, 0.15) is 72.5 Å². The van der Waals surface area contributed by atoms with E-state index in [9.17, 15) is 46.0 Å². The van der Waals surface area contributed by atoms with E-state index in [1.165, 1.54) is 26.2 Å². The van der Waals surface area contributed by atoms with Crippen molar-refractivity contribution in [2.24, 2.45) is 0 Å². The molecule has 9 N–H and O–H groups in total. The molecule has 0 amide bonds. The minimum absolute atomic E-state index is 0.221. The Bertz CT molecular complexity index is 950. The summed E-state index contributed by atoms with van der Waals surface area (Å²) in [5, 5.41) is 92.5. The molecule has 234 valence electrons. The lowest BCUT2D eigenvalue weighted by Crippen LogP contribution is -2.67. The highest BCUT2D eigenvalue weighted by atomic mass is 16.8. The van der Waals surface area contributed by atoms with Crippen molar-refractivity contribution in [2.45, 2.75) is 99.0 Å². The molecule has 3 aliphatic heterocycles. The van der Waals surface area contributed by atoms with Gasteiger partial charge >= 0.3 is 0 Å². The lowest BCUT2D eigenvalue weighted by atomic mass is 9.96. The summed E-state index contributed by atoms with van der Waals surface area (Å²) in [5.41, 5.74) is 0. The first-order chi connectivity index (χ1) is 19.5. The third kappa shape index (κ3) is 6.76. The van der Waals surface area contributed by atoms with E-state index in [1.807, 2.05) is 0 Å². The topological polar surface area (TPSA) is 247 Å². The van der Waals surface area contributed by atoms with Gasteiger partial charge in [-0.05, 0) is 31.2 Å². The molecule has 0 saturated carbocycles. The van der Waals surface area contributed by atoms with Crippen LogP contribution in [-0.4, -0.2) is 158 Å². The first-order valence-corrected chi connectivity index (χ1v) is 13.1. The molecule has 0 spiro atoms. The smallest absolute Gasteiger partial charge is 0.229 e. The van der Waals surface area contributed by atoms with Crippen LogP contribution in [0.1, 0.15) is 6.92 Å².